The normalized spacial score (nSPS) is 18.6. The van der Waals surface area contributed by atoms with Gasteiger partial charge in [-0.2, -0.15) is 0 Å². The van der Waals surface area contributed by atoms with Crippen LogP contribution in [0.15, 0.2) is 64.2 Å². The van der Waals surface area contributed by atoms with Crippen LogP contribution in [0.2, 0.25) is 0 Å². The van der Waals surface area contributed by atoms with Crippen LogP contribution in [0.3, 0.4) is 0 Å². The van der Waals surface area contributed by atoms with Gasteiger partial charge in [0.15, 0.2) is 0 Å². The quantitative estimate of drug-likeness (QED) is 0.379. The van der Waals surface area contributed by atoms with E-state index in [0.717, 1.165) is 22.6 Å². The Kier molecular flexibility index (Phi) is 9.16. The van der Waals surface area contributed by atoms with Crippen molar-refractivity contribution >= 4 is 33.0 Å². The van der Waals surface area contributed by atoms with Crippen LogP contribution in [-0.4, -0.2) is 75.2 Å². The molecule has 11 heteroatoms. The molecular formula is C28H35N3O6S2. The Labute approximate surface area is 234 Å². The van der Waals surface area contributed by atoms with Gasteiger partial charge in [0, 0.05) is 31.2 Å². The minimum atomic E-state index is -3.79. The largest absolute Gasteiger partial charge is 0.497 e. The molecule has 1 aromatic heterocycles. The van der Waals surface area contributed by atoms with E-state index in [1.54, 1.807) is 42.5 Å². The summed E-state index contributed by atoms with van der Waals surface area (Å²) in [5.74, 6) is 0.824. The lowest BCUT2D eigenvalue weighted by molar-refractivity contribution is 0.0341. The fourth-order valence-electron chi connectivity index (χ4n) is 4.54. The van der Waals surface area contributed by atoms with E-state index in [4.69, 9.17) is 9.47 Å². The number of thiophene rings is 1. The van der Waals surface area contributed by atoms with Gasteiger partial charge < -0.3 is 19.5 Å². The Balaban J connectivity index is 1.60. The van der Waals surface area contributed by atoms with E-state index in [1.807, 2.05) is 38.2 Å². The van der Waals surface area contributed by atoms with Crippen molar-refractivity contribution in [3.63, 3.8) is 0 Å². The summed E-state index contributed by atoms with van der Waals surface area (Å²) in [4.78, 5) is 17.4. The number of fused-ring (bicyclic) bond motifs is 1. The van der Waals surface area contributed by atoms with Crippen molar-refractivity contribution < 1.29 is 27.8 Å². The maximum Gasteiger partial charge on any atom is 0.271 e. The van der Waals surface area contributed by atoms with Gasteiger partial charge >= 0.3 is 0 Å². The van der Waals surface area contributed by atoms with Gasteiger partial charge in [0.05, 0.1) is 25.3 Å². The van der Waals surface area contributed by atoms with Crippen molar-refractivity contribution in [3.05, 3.63) is 71.1 Å². The topological polar surface area (TPSA) is 108 Å². The highest BCUT2D eigenvalue weighted by atomic mass is 32.2. The van der Waals surface area contributed by atoms with Crippen LogP contribution in [-0.2, 0) is 16.6 Å². The average molecular weight is 574 g/mol. The highest BCUT2D eigenvalue weighted by Gasteiger charge is 2.33. The number of sulfonamides is 1. The zero-order chi connectivity index (χ0) is 28.2. The number of ether oxygens (including phenoxy) is 2. The summed E-state index contributed by atoms with van der Waals surface area (Å²) in [6.45, 7) is 5.30. The molecule has 9 nitrogen and oxygen atoms in total. The summed E-state index contributed by atoms with van der Waals surface area (Å²) in [5.41, 5.74) is 1.64. The van der Waals surface area contributed by atoms with Gasteiger partial charge in [0.2, 0.25) is 0 Å². The number of likely N-dealkylation sites (N-methyl/N-ethyl adjacent to an activating group) is 1. The molecule has 1 aliphatic heterocycles. The average Bonchev–Trinajstić information content (AvgIpc) is 3.47. The molecule has 0 bridgehead atoms. The summed E-state index contributed by atoms with van der Waals surface area (Å²) in [6, 6.07) is 15.4. The summed E-state index contributed by atoms with van der Waals surface area (Å²) in [6.07, 6.45) is -0.262. The van der Waals surface area contributed by atoms with Crippen LogP contribution in [0.4, 0.5) is 5.69 Å². The molecule has 1 aliphatic rings. The summed E-state index contributed by atoms with van der Waals surface area (Å²) >= 11 is 1.11. The number of carbonyl (C=O) groups is 1. The van der Waals surface area contributed by atoms with Crippen molar-refractivity contribution in [1.29, 1.82) is 0 Å². The van der Waals surface area contributed by atoms with Gasteiger partial charge in [-0.05, 0) is 61.3 Å². The standard InChI is InChI=1S/C28H35N3O6S2/c1-19-15-31(20(2)18-32)28(33)24-14-22(29-39(34,35)27-6-5-13-38-27)9-12-25(24)37-26(19)17-30(3)16-21-7-10-23(36-4)11-8-21/h5-14,19-20,26,29,32H,15-18H2,1-4H3/t19-,20-,26+/m0/s1. The lowest BCUT2D eigenvalue weighted by Crippen LogP contribution is -2.49. The molecular weight excluding hydrogens is 538 g/mol. The summed E-state index contributed by atoms with van der Waals surface area (Å²) in [7, 11) is -0.132. The Morgan fingerprint density at radius 3 is 2.62 bits per heavy atom. The summed E-state index contributed by atoms with van der Waals surface area (Å²) in [5, 5.41) is 11.6. The van der Waals surface area contributed by atoms with Gasteiger partial charge in [-0.1, -0.05) is 25.1 Å². The molecule has 0 spiro atoms. The Morgan fingerprint density at radius 2 is 1.97 bits per heavy atom. The molecule has 1 amide bonds. The second kappa shape index (κ2) is 12.4. The number of hydrogen-bond donors (Lipinski definition) is 2. The fourth-order valence-corrected chi connectivity index (χ4v) is 6.58. The van der Waals surface area contributed by atoms with Crippen molar-refractivity contribution in [2.24, 2.45) is 5.92 Å². The van der Waals surface area contributed by atoms with Gasteiger partial charge in [0.1, 0.15) is 21.8 Å². The van der Waals surface area contributed by atoms with Crippen LogP contribution in [0.25, 0.3) is 0 Å². The van der Waals surface area contributed by atoms with Crippen LogP contribution in [0, 0.1) is 5.92 Å². The number of benzene rings is 2. The zero-order valence-electron chi connectivity index (χ0n) is 22.5. The van der Waals surface area contributed by atoms with Gasteiger partial charge in [-0.3, -0.25) is 14.4 Å². The molecule has 210 valence electrons. The fraction of sp³-hybridized carbons (Fsp3) is 0.393. The number of nitrogens with one attached hydrogen (secondary N) is 1. The Hall–Kier alpha value is -3.12. The minimum Gasteiger partial charge on any atom is -0.497 e. The number of aliphatic hydroxyl groups is 1. The van der Waals surface area contributed by atoms with E-state index < -0.39 is 16.1 Å². The van der Waals surface area contributed by atoms with E-state index in [0.29, 0.717) is 25.4 Å². The maximum absolute atomic E-state index is 13.6. The van der Waals surface area contributed by atoms with Crippen molar-refractivity contribution in [2.45, 2.75) is 36.7 Å². The number of carbonyl (C=O) groups excluding carboxylic acids is 1. The number of hydrogen-bond acceptors (Lipinski definition) is 8. The number of methoxy groups -OCH3 is 1. The van der Waals surface area contributed by atoms with Crippen LogP contribution < -0.4 is 14.2 Å². The second-order valence-electron chi connectivity index (χ2n) is 9.92. The zero-order valence-corrected chi connectivity index (χ0v) is 24.2. The van der Waals surface area contributed by atoms with Gasteiger partial charge in [0.25, 0.3) is 15.9 Å². The Bertz CT molecular complexity index is 1360. The van der Waals surface area contributed by atoms with Gasteiger partial charge in [-0.25, -0.2) is 8.42 Å². The van der Waals surface area contributed by atoms with Crippen LogP contribution in [0.5, 0.6) is 11.5 Å². The highest BCUT2D eigenvalue weighted by Crippen LogP contribution is 2.32. The molecule has 0 saturated carbocycles. The van der Waals surface area contributed by atoms with Crippen LogP contribution >= 0.6 is 11.3 Å². The molecule has 0 saturated heterocycles. The molecule has 2 aromatic carbocycles. The number of anilines is 1. The highest BCUT2D eigenvalue weighted by molar-refractivity contribution is 7.94. The number of rotatable bonds is 10. The third-order valence-corrected chi connectivity index (χ3v) is 9.56. The molecule has 0 fully saturated rings. The first-order valence-electron chi connectivity index (χ1n) is 12.7. The second-order valence-corrected chi connectivity index (χ2v) is 12.8. The molecule has 2 heterocycles. The maximum atomic E-state index is 13.6. The number of aliphatic hydroxyl groups excluding tert-OH is 1. The third kappa shape index (κ3) is 6.91. The van der Waals surface area contributed by atoms with E-state index in [2.05, 4.69) is 9.62 Å². The monoisotopic (exact) mass is 573 g/mol. The lowest BCUT2D eigenvalue weighted by Gasteiger charge is -2.38. The molecule has 3 aromatic rings. The Morgan fingerprint density at radius 1 is 1.23 bits per heavy atom. The van der Waals surface area contributed by atoms with E-state index in [-0.39, 0.29) is 40.0 Å². The first kappa shape index (κ1) is 28.9. The summed E-state index contributed by atoms with van der Waals surface area (Å²) < 4.78 is 40.0. The van der Waals surface area contributed by atoms with E-state index >= 15 is 0 Å². The van der Waals surface area contributed by atoms with E-state index in [1.165, 1.54) is 12.1 Å². The first-order chi connectivity index (χ1) is 18.6. The van der Waals surface area contributed by atoms with Crippen molar-refractivity contribution in [1.82, 2.24) is 9.80 Å². The van der Waals surface area contributed by atoms with Crippen molar-refractivity contribution in [2.75, 3.05) is 38.6 Å². The molecule has 0 aliphatic carbocycles. The molecule has 3 atom stereocenters. The molecule has 0 radical (unpaired) electrons. The SMILES string of the molecule is COc1ccc(CN(C)C[C@H]2Oc3ccc(NS(=O)(=O)c4cccs4)cc3C(=O)N([C@@H](C)CO)C[C@@H]2C)cc1. The van der Waals surface area contributed by atoms with E-state index in [9.17, 15) is 18.3 Å². The smallest absolute Gasteiger partial charge is 0.271 e. The van der Waals surface area contributed by atoms with Gasteiger partial charge in [-0.15, -0.1) is 11.3 Å². The predicted molar refractivity (Wildman–Crippen MR) is 152 cm³/mol. The lowest BCUT2D eigenvalue weighted by atomic mass is 9.99. The molecule has 0 unspecified atom stereocenters. The molecule has 4 rings (SSSR count). The predicted octanol–water partition coefficient (Wildman–Crippen LogP) is 3.91. The third-order valence-electron chi connectivity index (χ3n) is 6.78. The molecule has 39 heavy (non-hydrogen) atoms. The van der Waals surface area contributed by atoms with Crippen LogP contribution in [0.1, 0.15) is 29.8 Å². The number of amides is 1. The molecule has 2 N–H and O–H groups in total. The first-order valence-corrected chi connectivity index (χ1v) is 15.1. The minimum absolute atomic E-state index is 0.0357. The van der Waals surface area contributed by atoms with Crippen molar-refractivity contribution in [3.8, 4) is 11.5 Å². The number of nitrogens with zero attached hydrogens (tertiary/aromatic N) is 2.